The predicted molar refractivity (Wildman–Crippen MR) is 69.3 cm³/mol. The molecule has 1 aromatic rings. The summed E-state index contributed by atoms with van der Waals surface area (Å²) < 4.78 is 0. The van der Waals surface area contributed by atoms with Gasteiger partial charge in [0.05, 0.1) is 15.5 Å². The summed E-state index contributed by atoms with van der Waals surface area (Å²) in [6.45, 7) is 2.13. The van der Waals surface area contributed by atoms with Crippen LogP contribution in [0.5, 0.6) is 0 Å². The third kappa shape index (κ3) is 2.69. The first kappa shape index (κ1) is 13.8. The van der Waals surface area contributed by atoms with Gasteiger partial charge in [-0.05, 0) is 19.4 Å². The molecular formula is C12H13ClN2O4. The van der Waals surface area contributed by atoms with Crippen molar-refractivity contribution in [2.45, 2.75) is 18.9 Å². The number of β-amino-alcohol motifs (C(OH)–C–C–N with tert-alkyl or cyclic N) is 1. The lowest BCUT2D eigenvalue weighted by Gasteiger charge is -2.19. The van der Waals surface area contributed by atoms with E-state index in [1.54, 1.807) is 6.92 Å². The number of rotatable bonds is 2. The van der Waals surface area contributed by atoms with Crippen molar-refractivity contribution in [1.29, 1.82) is 0 Å². The summed E-state index contributed by atoms with van der Waals surface area (Å²) in [5.74, 6) is -0.518. The van der Waals surface area contributed by atoms with Crippen LogP contribution in [-0.4, -0.2) is 39.5 Å². The topological polar surface area (TPSA) is 83.7 Å². The highest BCUT2D eigenvalue weighted by Crippen LogP contribution is 2.30. The largest absolute Gasteiger partial charge is 0.388 e. The van der Waals surface area contributed by atoms with Gasteiger partial charge < -0.3 is 10.0 Å². The second-order valence-electron chi connectivity index (χ2n) is 4.86. The maximum Gasteiger partial charge on any atom is 0.283 e. The molecule has 19 heavy (non-hydrogen) atoms. The van der Waals surface area contributed by atoms with Crippen LogP contribution in [0.15, 0.2) is 18.2 Å². The van der Waals surface area contributed by atoms with E-state index in [0.29, 0.717) is 13.0 Å². The fraction of sp³-hybridized carbons (Fsp3) is 0.417. The van der Waals surface area contributed by atoms with Crippen LogP contribution in [0.1, 0.15) is 23.7 Å². The highest BCUT2D eigenvalue weighted by molar-refractivity contribution is 6.34. The van der Waals surface area contributed by atoms with Crippen molar-refractivity contribution in [3.63, 3.8) is 0 Å². The monoisotopic (exact) mass is 284 g/mol. The minimum Gasteiger partial charge on any atom is -0.388 e. The highest BCUT2D eigenvalue weighted by atomic mass is 35.5. The van der Waals surface area contributed by atoms with E-state index in [-0.39, 0.29) is 22.8 Å². The lowest BCUT2D eigenvalue weighted by atomic mass is 10.1. The highest BCUT2D eigenvalue weighted by Gasteiger charge is 2.37. The zero-order valence-electron chi connectivity index (χ0n) is 10.3. The Bertz CT molecular complexity index is 545. The Morgan fingerprint density at radius 2 is 2.26 bits per heavy atom. The summed E-state index contributed by atoms with van der Waals surface area (Å²) in [5.41, 5.74) is -1.39. The molecule has 6 nitrogen and oxygen atoms in total. The van der Waals surface area contributed by atoms with Crippen LogP contribution in [0.3, 0.4) is 0 Å². The van der Waals surface area contributed by atoms with Crippen LogP contribution in [0.2, 0.25) is 5.02 Å². The van der Waals surface area contributed by atoms with Gasteiger partial charge in [-0.1, -0.05) is 17.7 Å². The molecule has 0 aliphatic carbocycles. The van der Waals surface area contributed by atoms with Gasteiger partial charge in [-0.3, -0.25) is 14.9 Å². The van der Waals surface area contributed by atoms with Crippen LogP contribution in [0, 0.1) is 10.1 Å². The zero-order valence-corrected chi connectivity index (χ0v) is 11.1. The SMILES string of the molecule is CC1(O)CCN(C(=O)c2c(Cl)cccc2[N+](=O)[O-])C1. The maximum atomic E-state index is 12.3. The van der Waals surface area contributed by atoms with E-state index in [1.165, 1.54) is 23.1 Å². The molecule has 0 radical (unpaired) electrons. The number of amides is 1. The number of halogens is 1. The van der Waals surface area contributed by atoms with E-state index in [2.05, 4.69) is 0 Å². The second kappa shape index (κ2) is 4.79. The third-order valence-electron chi connectivity index (χ3n) is 3.14. The Morgan fingerprint density at radius 1 is 1.58 bits per heavy atom. The molecule has 102 valence electrons. The standard InChI is InChI=1S/C12H13ClN2O4/c1-12(17)5-6-14(7-12)11(16)10-8(13)3-2-4-9(10)15(18)19/h2-4,17H,5-7H2,1H3. The number of nitro groups is 1. The smallest absolute Gasteiger partial charge is 0.283 e. The average Bonchev–Trinajstić information content (AvgIpc) is 2.68. The molecule has 2 rings (SSSR count). The summed E-state index contributed by atoms with van der Waals surface area (Å²) in [7, 11) is 0. The summed E-state index contributed by atoms with van der Waals surface area (Å²) >= 11 is 5.90. The van der Waals surface area contributed by atoms with Gasteiger partial charge in [-0.2, -0.15) is 0 Å². The van der Waals surface area contributed by atoms with E-state index >= 15 is 0 Å². The number of hydrogen-bond acceptors (Lipinski definition) is 4. The number of likely N-dealkylation sites (tertiary alicyclic amines) is 1. The number of nitrogens with zero attached hydrogens (tertiary/aromatic N) is 2. The lowest BCUT2D eigenvalue weighted by molar-refractivity contribution is -0.385. The van der Waals surface area contributed by atoms with Crippen LogP contribution in [0.25, 0.3) is 0 Å². The van der Waals surface area contributed by atoms with E-state index < -0.39 is 16.4 Å². The van der Waals surface area contributed by atoms with Gasteiger partial charge in [0.15, 0.2) is 0 Å². The normalized spacial score (nSPS) is 22.6. The number of nitro benzene ring substituents is 1. The number of carbonyl (C=O) groups is 1. The molecule has 0 bridgehead atoms. The van der Waals surface area contributed by atoms with Gasteiger partial charge >= 0.3 is 0 Å². The molecule has 1 heterocycles. The Morgan fingerprint density at radius 3 is 2.79 bits per heavy atom. The number of benzene rings is 1. The summed E-state index contributed by atoms with van der Waals surface area (Å²) in [5, 5.41) is 20.8. The molecule has 1 aliphatic rings. The molecule has 1 fully saturated rings. The molecule has 1 unspecified atom stereocenters. The van der Waals surface area contributed by atoms with Gasteiger partial charge in [-0.15, -0.1) is 0 Å². The molecule has 1 aromatic carbocycles. The molecule has 1 atom stereocenters. The fourth-order valence-corrected chi connectivity index (χ4v) is 2.40. The van der Waals surface area contributed by atoms with Crippen molar-refractivity contribution in [3.8, 4) is 0 Å². The van der Waals surface area contributed by atoms with Crippen molar-refractivity contribution in [2.24, 2.45) is 0 Å². The maximum absolute atomic E-state index is 12.3. The minimum absolute atomic E-state index is 0.0470. The van der Waals surface area contributed by atoms with Crippen molar-refractivity contribution in [2.75, 3.05) is 13.1 Å². The van der Waals surface area contributed by atoms with Crippen molar-refractivity contribution in [3.05, 3.63) is 38.9 Å². The van der Waals surface area contributed by atoms with Crippen molar-refractivity contribution in [1.82, 2.24) is 4.90 Å². The van der Waals surface area contributed by atoms with Crippen LogP contribution in [0.4, 0.5) is 5.69 Å². The van der Waals surface area contributed by atoms with Gasteiger partial charge in [-0.25, -0.2) is 0 Å². The Hall–Kier alpha value is -1.66. The van der Waals surface area contributed by atoms with E-state index in [1.807, 2.05) is 0 Å². The molecule has 0 spiro atoms. The van der Waals surface area contributed by atoms with Gasteiger partial charge in [0.25, 0.3) is 11.6 Å². The van der Waals surface area contributed by atoms with Gasteiger partial charge in [0, 0.05) is 19.2 Å². The van der Waals surface area contributed by atoms with E-state index in [0.717, 1.165) is 0 Å². The molecule has 0 aromatic heterocycles. The second-order valence-corrected chi connectivity index (χ2v) is 5.27. The Balaban J connectivity index is 2.37. The van der Waals surface area contributed by atoms with Crippen molar-refractivity contribution < 1.29 is 14.8 Å². The van der Waals surface area contributed by atoms with Gasteiger partial charge in [0.1, 0.15) is 5.56 Å². The van der Waals surface area contributed by atoms with E-state index in [4.69, 9.17) is 11.6 Å². The molecular weight excluding hydrogens is 272 g/mol. The van der Waals surface area contributed by atoms with Crippen LogP contribution >= 0.6 is 11.6 Å². The molecule has 7 heteroatoms. The third-order valence-corrected chi connectivity index (χ3v) is 3.46. The van der Waals surface area contributed by atoms with Crippen LogP contribution in [-0.2, 0) is 0 Å². The fourth-order valence-electron chi connectivity index (χ4n) is 2.15. The van der Waals surface area contributed by atoms with Crippen LogP contribution < -0.4 is 0 Å². The summed E-state index contributed by atoms with van der Waals surface area (Å²) in [6.07, 6.45) is 0.441. The number of carbonyl (C=O) groups excluding carboxylic acids is 1. The molecule has 0 saturated carbocycles. The summed E-state index contributed by atoms with van der Waals surface area (Å²) in [6, 6.07) is 4.11. The number of aliphatic hydroxyl groups is 1. The predicted octanol–water partition coefficient (Wildman–Crippen LogP) is 1.85. The number of hydrogen-bond donors (Lipinski definition) is 1. The lowest BCUT2D eigenvalue weighted by Crippen LogP contribution is -2.34. The van der Waals surface area contributed by atoms with E-state index in [9.17, 15) is 20.0 Å². The molecule has 1 amide bonds. The molecule has 1 saturated heterocycles. The summed E-state index contributed by atoms with van der Waals surface area (Å²) in [4.78, 5) is 24.0. The first-order valence-corrected chi connectivity index (χ1v) is 6.14. The first-order valence-electron chi connectivity index (χ1n) is 5.76. The quantitative estimate of drug-likeness (QED) is 0.663. The molecule has 1 N–H and O–H groups in total. The molecule has 1 aliphatic heterocycles. The Kier molecular flexibility index (Phi) is 3.47. The Labute approximate surface area is 114 Å². The minimum atomic E-state index is -0.953. The first-order chi connectivity index (χ1) is 8.82. The van der Waals surface area contributed by atoms with Crippen molar-refractivity contribution >= 4 is 23.2 Å². The average molecular weight is 285 g/mol. The zero-order chi connectivity index (χ0) is 14.2. The van der Waals surface area contributed by atoms with Gasteiger partial charge in [0.2, 0.25) is 0 Å².